The first-order valence-corrected chi connectivity index (χ1v) is 8.04. The van der Waals surface area contributed by atoms with E-state index in [2.05, 4.69) is 0 Å². The summed E-state index contributed by atoms with van der Waals surface area (Å²) in [7, 11) is 0. The van der Waals surface area contributed by atoms with Crippen molar-refractivity contribution in [2.24, 2.45) is 0 Å². The van der Waals surface area contributed by atoms with Crippen molar-refractivity contribution in [1.82, 2.24) is 4.98 Å². The van der Waals surface area contributed by atoms with Crippen LogP contribution in [0.2, 0.25) is 0 Å². The largest absolute Gasteiger partial charge is 0.446 e. The molecule has 0 unspecified atom stereocenters. The van der Waals surface area contributed by atoms with Crippen molar-refractivity contribution in [1.29, 1.82) is 0 Å². The minimum atomic E-state index is -0.0693. The van der Waals surface area contributed by atoms with Crippen LogP contribution in [0.5, 0.6) is 0 Å². The zero-order valence-electron chi connectivity index (χ0n) is 13.2. The van der Waals surface area contributed by atoms with Crippen LogP contribution in [0.1, 0.15) is 0 Å². The highest BCUT2D eigenvalue weighted by molar-refractivity contribution is 5.98. The normalized spacial score (nSPS) is 11.4. The molecule has 0 spiro atoms. The van der Waals surface area contributed by atoms with Crippen LogP contribution >= 0.6 is 0 Å². The maximum absolute atomic E-state index is 13.2. The summed E-state index contributed by atoms with van der Waals surface area (Å²) in [6, 6.07) is 20.8. The van der Waals surface area contributed by atoms with Crippen molar-refractivity contribution in [2.45, 2.75) is 0 Å². The van der Waals surface area contributed by atoms with Gasteiger partial charge in [0.25, 0.3) is 5.43 Å². The Morgan fingerprint density at radius 3 is 2.36 bits per heavy atom. The van der Waals surface area contributed by atoms with Crippen molar-refractivity contribution in [3.63, 3.8) is 0 Å². The molecule has 0 fully saturated rings. The molecule has 0 saturated heterocycles. The lowest BCUT2D eigenvalue weighted by Gasteiger charge is -2.10. The number of rotatable bonds is 1. The van der Waals surface area contributed by atoms with Crippen LogP contribution < -0.4 is 10.00 Å². The number of pyridine rings is 1. The number of nitrogens with zero attached hydrogens (tertiary/aromatic N) is 2. The van der Waals surface area contributed by atoms with Gasteiger partial charge in [-0.3, -0.25) is 4.79 Å². The van der Waals surface area contributed by atoms with Gasteiger partial charge in [0, 0.05) is 22.9 Å². The van der Waals surface area contributed by atoms with Gasteiger partial charge < -0.3 is 4.42 Å². The van der Waals surface area contributed by atoms with E-state index in [0.717, 1.165) is 10.9 Å². The van der Waals surface area contributed by atoms with Gasteiger partial charge in [-0.1, -0.05) is 42.5 Å². The molecule has 2 aromatic carbocycles. The van der Waals surface area contributed by atoms with Gasteiger partial charge in [0.2, 0.25) is 5.76 Å². The summed E-state index contributed by atoms with van der Waals surface area (Å²) >= 11 is 0. The Labute approximate surface area is 143 Å². The number of para-hydroxylation sites is 2. The number of fused-ring (bicyclic) bond motifs is 4. The first kappa shape index (κ1) is 13.9. The zero-order valence-corrected chi connectivity index (χ0v) is 13.2. The average molecular weight is 325 g/mol. The van der Waals surface area contributed by atoms with Gasteiger partial charge in [0.15, 0.2) is 18.0 Å². The molecule has 118 valence electrons. The summed E-state index contributed by atoms with van der Waals surface area (Å²) in [6.07, 6.45) is 3.69. The quantitative estimate of drug-likeness (QED) is 0.268. The van der Waals surface area contributed by atoms with Crippen molar-refractivity contribution in [3.8, 4) is 17.1 Å². The highest BCUT2D eigenvalue weighted by atomic mass is 16.3. The minimum absolute atomic E-state index is 0.0693. The third-order valence-electron chi connectivity index (χ3n) is 4.36. The highest BCUT2D eigenvalue weighted by Crippen LogP contribution is 2.32. The second kappa shape index (κ2) is 5.24. The van der Waals surface area contributed by atoms with Crippen LogP contribution in [0, 0.1) is 0 Å². The lowest BCUT2D eigenvalue weighted by molar-refractivity contribution is -0.596. The molecule has 0 bridgehead atoms. The standard InChI is InChI=1S/C21H13N2O2/c24-20-15-9-3-2-8-14(15)18-21(19(20)23-12-6-1-7-13-23)25-17-11-5-4-10-16(17)22-18/h1-13H/q+1. The topological polar surface area (TPSA) is 47.0 Å². The molecule has 0 N–H and O–H groups in total. The summed E-state index contributed by atoms with van der Waals surface area (Å²) in [5, 5.41) is 1.44. The Hall–Kier alpha value is -3.53. The van der Waals surface area contributed by atoms with Gasteiger partial charge in [0.1, 0.15) is 11.2 Å². The smallest absolute Gasteiger partial charge is 0.304 e. The Morgan fingerprint density at radius 1 is 0.800 bits per heavy atom. The van der Waals surface area contributed by atoms with Gasteiger partial charge in [0.05, 0.1) is 0 Å². The SMILES string of the molecule is O=c1c(-[n+]2ccccc2)c2oc3ccccc3nc-2c2ccccc12. The summed E-state index contributed by atoms with van der Waals surface area (Å²) in [5.41, 5.74) is 2.53. The number of benzene rings is 3. The van der Waals surface area contributed by atoms with Gasteiger partial charge in [-0.05, 0) is 12.1 Å². The third-order valence-corrected chi connectivity index (χ3v) is 4.36. The molecule has 3 aromatic rings. The van der Waals surface area contributed by atoms with Crippen LogP contribution in [0.25, 0.3) is 39.0 Å². The number of hydrogen-bond acceptors (Lipinski definition) is 3. The monoisotopic (exact) mass is 325 g/mol. The molecule has 4 nitrogen and oxygen atoms in total. The molecule has 25 heavy (non-hydrogen) atoms. The highest BCUT2D eigenvalue weighted by Gasteiger charge is 2.28. The van der Waals surface area contributed by atoms with Gasteiger partial charge in [-0.2, -0.15) is 4.57 Å². The Morgan fingerprint density at radius 2 is 1.52 bits per heavy atom. The van der Waals surface area contributed by atoms with E-state index in [0.29, 0.717) is 28.1 Å². The van der Waals surface area contributed by atoms with E-state index in [9.17, 15) is 4.79 Å². The second-order valence-corrected chi connectivity index (χ2v) is 5.87. The molecule has 4 heteroatoms. The van der Waals surface area contributed by atoms with Crippen molar-refractivity contribution in [2.75, 3.05) is 0 Å². The van der Waals surface area contributed by atoms with Gasteiger partial charge in [-0.25, -0.2) is 4.98 Å². The molecule has 1 aromatic heterocycles. The number of hydrogen-bond donors (Lipinski definition) is 0. The van der Waals surface area contributed by atoms with Gasteiger partial charge >= 0.3 is 5.69 Å². The summed E-state index contributed by atoms with van der Waals surface area (Å²) in [4.78, 5) is 18.0. The minimum Gasteiger partial charge on any atom is -0.446 e. The molecular formula is C21H13N2O2+. The lowest BCUT2D eigenvalue weighted by atomic mass is 10.0. The molecule has 1 aliphatic heterocycles. The Bertz CT molecular complexity index is 1260. The fourth-order valence-corrected chi connectivity index (χ4v) is 3.21. The van der Waals surface area contributed by atoms with Crippen LogP contribution in [-0.4, -0.2) is 4.98 Å². The summed E-state index contributed by atoms with van der Waals surface area (Å²) in [6.45, 7) is 0. The van der Waals surface area contributed by atoms with E-state index in [4.69, 9.17) is 9.40 Å². The molecular weight excluding hydrogens is 312 g/mol. The molecule has 0 atom stereocenters. The molecule has 0 amide bonds. The molecule has 2 aliphatic rings. The first-order valence-electron chi connectivity index (χ1n) is 8.04. The van der Waals surface area contributed by atoms with Crippen molar-refractivity contribution in [3.05, 3.63) is 89.3 Å². The van der Waals surface area contributed by atoms with E-state index in [1.165, 1.54) is 0 Å². The first-order chi connectivity index (χ1) is 12.3. The predicted octanol–water partition coefficient (Wildman–Crippen LogP) is 3.72. The summed E-state index contributed by atoms with van der Waals surface area (Å²) < 4.78 is 7.93. The average Bonchev–Trinajstić information content (AvgIpc) is 2.68. The van der Waals surface area contributed by atoms with Crippen LogP contribution in [-0.2, 0) is 0 Å². The maximum Gasteiger partial charge on any atom is 0.304 e. The van der Waals surface area contributed by atoms with E-state index < -0.39 is 0 Å². The van der Waals surface area contributed by atoms with Crippen LogP contribution in [0.15, 0.2) is 88.3 Å². The zero-order chi connectivity index (χ0) is 16.8. The molecule has 2 heterocycles. The van der Waals surface area contributed by atoms with Crippen molar-refractivity contribution >= 4 is 21.9 Å². The fourth-order valence-electron chi connectivity index (χ4n) is 3.21. The molecule has 1 aliphatic carbocycles. The van der Waals surface area contributed by atoms with E-state index in [1.807, 2.05) is 79.1 Å². The van der Waals surface area contributed by atoms with E-state index >= 15 is 0 Å². The molecule has 5 rings (SSSR count). The second-order valence-electron chi connectivity index (χ2n) is 5.87. The summed E-state index contributed by atoms with van der Waals surface area (Å²) in [5.74, 6) is 0.499. The Balaban J connectivity index is 2.06. The Kier molecular flexibility index (Phi) is 2.91. The van der Waals surface area contributed by atoms with Gasteiger partial charge in [-0.15, -0.1) is 0 Å². The molecule has 0 saturated carbocycles. The maximum atomic E-state index is 13.2. The van der Waals surface area contributed by atoms with Crippen LogP contribution in [0.4, 0.5) is 0 Å². The fraction of sp³-hybridized carbons (Fsp3) is 0. The predicted molar refractivity (Wildman–Crippen MR) is 95.9 cm³/mol. The molecule has 0 radical (unpaired) electrons. The third kappa shape index (κ3) is 2.04. The van der Waals surface area contributed by atoms with Crippen molar-refractivity contribution < 1.29 is 8.98 Å². The van der Waals surface area contributed by atoms with E-state index in [1.54, 1.807) is 4.57 Å². The van der Waals surface area contributed by atoms with Crippen LogP contribution in [0.3, 0.4) is 0 Å². The lowest BCUT2D eigenvalue weighted by Crippen LogP contribution is -2.36. The van der Waals surface area contributed by atoms with E-state index in [-0.39, 0.29) is 5.43 Å². The number of aromatic nitrogens is 2.